The number of nitrogens with zero attached hydrogens (tertiary/aromatic N) is 2. The van der Waals surface area contributed by atoms with E-state index in [1.165, 1.54) is 18.2 Å². The average molecular weight is 385 g/mol. The second-order valence-corrected chi connectivity index (χ2v) is 6.39. The van der Waals surface area contributed by atoms with E-state index >= 15 is 0 Å². The minimum Gasteiger partial charge on any atom is -0.352 e. The van der Waals surface area contributed by atoms with Gasteiger partial charge in [-0.05, 0) is 24.5 Å². The number of carbonyl (C=O) groups excluding carboxylic acids is 1. The Labute approximate surface area is 155 Å². The van der Waals surface area contributed by atoms with E-state index in [4.69, 9.17) is 0 Å². The van der Waals surface area contributed by atoms with Crippen molar-refractivity contribution in [3.63, 3.8) is 0 Å². The highest BCUT2D eigenvalue weighted by atomic mass is 19.4. The van der Waals surface area contributed by atoms with Gasteiger partial charge < -0.3 is 5.32 Å². The summed E-state index contributed by atoms with van der Waals surface area (Å²) in [5.74, 6) is -1.52. The van der Waals surface area contributed by atoms with Crippen LogP contribution in [0.4, 0.5) is 17.6 Å². The fraction of sp³-hybridized carbons (Fsp3) is 0.474. The van der Waals surface area contributed by atoms with E-state index in [9.17, 15) is 22.4 Å². The van der Waals surface area contributed by atoms with Crippen molar-refractivity contribution in [3.05, 3.63) is 47.5 Å². The van der Waals surface area contributed by atoms with Gasteiger partial charge >= 0.3 is 6.18 Å². The van der Waals surface area contributed by atoms with Gasteiger partial charge in [-0.3, -0.25) is 4.79 Å². The second kappa shape index (κ2) is 9.01. The van der Waals surface area contributed by atoms with E-state index in [2.05, 4.69) is 17.3 Å². The largest absolute Gasteiger partial charge is 0.434 e. The molecule has 148 valence electrons. The van der Waals surface area contributed by atoms with E-state index in [0.717, 1.165) is 37.9 Å². The zero-order valence-electron chi connectivity index (χ0n) is 15.3. The SMILES string of the molecule is CCCCC(CC)CNC(=O)c1cnn(-c2ccccc2F)c1C(F)(F)F. The van der Waals surface area contributed by atoms with E-state index in [1.54, 1.807) is 0 Å². The van der Waals surface area contributed by atoms with Crippen molar-refractivity contribution in [3.8, 4) is 5.69 Å². The number of hydrogen-bond acceptors (Lipinski definition) is 2. The molecule has 0 radical (unpaired) electrons. The van der Waals surface area contributed by atoms with E-state index in [-0.39, 0.29) is 18.2 Å². The van der Waals surface area contributed by atoms with Crippen LogP contribution in [0.5, 0.6) is 0 Å². The Bertz CT molecular complexity index is 771. The highest BCUT2D eigenvalue weighted by Crippen LogP contribution is 2.34. The van der Waals surface area contributed by atoms with Crippen molar-refractivity contribution < 1.29 is 22.4 Å². The highest BCUT2D eigenvalue weighted by Gasteiger charge is 2.41. The zero-order chi connectivity index (χ0) is 20.0. The van der Waals surface area contributed by atoms with Crippen molar-refractivity contribution in [2.24, 2.45) is 5.92 Å². The standard InChI is InChI=1S/C19H23F4N3O/c1-3-5-8-13(4-2)11-24-18(27)14-12-25-26(17(14)19(21,22)23)16-10-7-6-9-15(16)20/h6-7,9-10,12-13H,3-5,8,11H2,1-2H3,(H,24,27). The summed E-state index contributed by atoms with van der Waals surface area (Å²) in [5.41, 5.74) is -2.26. The Kier molecular flexibility index (Phi) is 6.98. The third kappa shape index (κ3) is 5.08. The fourth-order valence-corrected chi connectivity index (χ4v) is 2.87. The van der Waals surface area contributed by atoms with Gasteiger partial charge in [0.15, 0.2) is 5.69 Å². The molecule has 0 fully saturated rings. The predicted octanol–water partition coefficient (Wildman–Crippen LogP) is 4.98. The molecule has 0 aliphatic rings. The lowest BCUT2D eigenvalue weighted by Gasteiger charge is -2.16. The van der Waals surface area contributed by atoms with E-state index in [1.807, 2.05) is 6.92 Å². The number of amides is 1. The smallest absolute Gasteiger partial charge is 0.352 e. The summed E-state index contributed by atoms with van der Waals surface area (Å²) in [6, 6.07) is 4.98. The predicted molar refractivity (Wildman–Crippen MR) is 94.2 cm³/mol. The van der Waals surface area contributed by atoms with Gasteiger partial charge in [0.2, 0.25) is 0 Å². The summed E-state index contributed by atoms with van der Waals surface area (Å²) >= 11 is 0. The number of benzene rings is 1. The molecule has 2 rings (SSSR count). The molecule has 2 aromatic rings. The van der Waals surface area contributed by atoms with E-state index < -0.39 is 29.2 Å². The topological polar surface area (TPSA) is 46.9 Å². The minimum absolute atomic E-state index is 0.199. The molecule has 0 bridgehead atoms. The van der Waals surface area contributed by atoms with Gasteiger partial charge in [-0.25, -0.2) is 9.07 Å². The van der Waals surface area contributed by atoms with Crippen LogP contribution < -0.4 is 5.32 Å². The summed E-state index contributed by atoms with van der Waals surface area (Å²) in [7, 11) is 0. The molecule has 1 heterocycles. The van der Waals surface area contributed by atoms with Crippen molar-refractivity contribution in [2.45, 2.75) is 45.7 Å². The Morgan fingerprint density at radius 1 is 1.26 bits per heavy atom. The van der Waals surface area contributed by atoms with Crippen molar-refractivity contribution in [2.75, 3.05) is 6.54 Å². The molecule has 0 saturated carbocycles. The van der Waals surface area contributed by atoms with Crippen LogP contribution in [-0.2, 0) is 6.18 Å². The molecule has 1 aromatic carbocycles. The Morgan fingerprint density at radius 2 is 1.96 bits per heavy atom. The average Bonchev–Trinajstić information content (AvgIpc) is 3.07. The summed E-state index contributed by atoms with van der Waals surface area (Å²) in [5, 5.41) is 6.19. The molecule has 1 atom stereocenters. The highest BCUT2D eigenvalue weighted by molar-refractivity contribution is 5.95. The molecule has 0 aliphatic heterocycles. The molecule has 0 aliphatic carbocycles. The molecular weight excluding hydrogens is 362 g/mol. The number of hydrogen-bond donors (Lipinski definition) is 1. The number of halogens is 4. The molecule has 1 amide bonds. The number of aromatic nitrogens is 2. The summed E-state index contributed by atoms with van der Waals surface area (Å²) in [6.07, 6.45) is -0.310. The fourth-order valence-electron chi connectivity index (χ4n) is 2.87. The summed E-state index contributed by atoms with van der Waals surface area (Å²) < 4.78 is 55.1. The van der Waals surface area contributed by atoms with Crippen LogP contribution in [0.15, 0.2) is 30.5 Å². The number of unbranched alkanes of at least 4 members (excludes halogenated alkanes) is 1. The van der Waals surface area contributed by atoms with Crippen molar-refractivity contribution >= 4 is 5.91 Å². The molecule has 4 nitrogen and oxygen atoms in total. The lowest BCUT2D eigenvalue weighted by atomic mass is 9.99. The maximum atomic E-state index is 13.9. The molecule has 1 aromatic heterocycles. The van der Waals surface area contributed by atoms with Crippen LogP contribution >= 0.6 is 0 Å². The van der Waals surface area contributed by atoms with Crippen LogP contribution in [0, 0.1) is 11.7 Å². The monoisotopic (exact) mass is 385 g/mol. The molecule has 27 heavy (non-hydrogen) atoms. The Hall–Kier alpha value is -2.38. The van der Waals surface area contributed by atoms with Gasteiger partial charge in [0.1, 0.15) is 11.5 Å². The second-order valence-electron chi connectivity index (χ2n) is 6.39. The van der Waals surface area contributed by atoms with Crippen LogP contribution in [-0.4, -0.2) is 22.2 Å². The van der Waals surface area contributed by atoms with Gasteiger partial charge in [0.05, 0.1) is 11.8 Å². The normalized spacial score (nSPS) is 12.8. The Morgan fingerprint density at radius 3 is 2.56 bits per heavy atom. The van der Waals surface area contributed by atoms with Gasteiger partial charge in [-0.2, -0.15) is 18.3 Å². The molecule has 0 saturated heterocycles. The summed E-state index contributed by atoms with van der Waals surface area (Å²) in [6.45, 7) is 4.32. The van der Waals surface area contributed by atoms with Gasteiger partial charge in [0, 0.05) is 6.54 Å². The maximum Gasteiger partial charge on any atom is 0.434 e. The Balaban J connectivity index is 2.29. The first-order valence-corrected chi connectivity index (χ1v) is 8.97. The van der Waals surface area contributed by atoms with Crippen molar-refractivity contribution in [1.82, 2.24) is 15.1 Å². The van der Waals surface area contributed by atoms with Crippen LogP contribution in [0.3, 0.4) is 0 Å². The molecule has 1 unspecified atom stereocenters. The van der Waals surface area contributed by atoms with Crippen LogP contribution in [0.25, 0.3) is 5.69 Å². The third-order valence-corrected chi connectivity index (χ3v) is 4.46. The van der Waals surface area contributed by atoms with Crippen LogP contribution in [0.2, 0.25) is 0 Å². The van der Waals surface area contributed by atoms with E-state index in [0.29, 0.717) is 4.68 Å². The lowest BCUT2D eigenvalue weighted by Crippen LogP contribution is -2.31. The quantitative estimate of drug-likeness (QED) is 0.652. The van der Waals surface area contributed by atoms with Crippen LogP contribution in [0.1, 0.15) is 55.6 Å². The number of para-hydroxylation sites is 1. The molecule has 8 heteroatoms. The lowest BCUT2D eigenvalue weighted by molar-refractivity contribution is -0.143. The van der Waals surface area contributed by atoms with Gasteiger partial charge in [0.25, 0.3) is 5.91 Å². The number of alkyl halides is 3. The zero-order valence-corrected chi connectivity index (χ0v) is 15.3. The van der Waals surface area contributed by atoms with Gasteiger partial charge in [-0.15, -0.1) is 0 Å². The molecule has 0 spiro atoms. The number of carbonyl (C=O) groups is 1. The maximum absolute atomic E-state index is 13.9. The first-order chi connectivity index (χ1) is 12.8. The minimum atomic E-state index is -4.86. The molecular formula is C19H23F4N3O. The summed E-state index contributed by atoms with van der Waals surface area (Å²) in [4.78, 5) is 12.4. The number of nitrogens with one attached hydrogen (secondary N) is 1. The number of rotatable bonds is 8. The first kappa shape index (κ1) is 20.9. The first-order valence-electron chi connectivity index (χ1n) is 8.97. The van der Waals surface area contributed by atoms with Crippen molar-refractivity contribution in [1.29, 1.82) is 0 Å². The third-order valence-electron chi connectivity index (χ3n) is 4.46. The molecule has 1 N–H and O–H groups in total. The van der Waals surface area contributed by atoms with Gasteiger partial charge in [-0.1, -0.05) is 45.2 Å².